The molecule has 1 saturated heterocycles. The monoisotopic (exact) mass is 343 g/mol. The predicted molar refractivity (Wildman–Crippen MR) is 97.6 cm³/mol. The summed E-state index contributed by atoms with van der Waals surface area (Å²) < 4.78 is 0. The Labute approximate surface area is 150 Å². The molecule has 0 saturated carbocycles. The number of rotatable bonds is 8. The van der Waals surface area contributed by atoms with E-state index in [1.54, 1.807) is 0 Å². The quantitative estimate of drug-likeness (QED) is 0.757. The summed E-state index contributed by atoms with van der Waals surface area (Å²) in [5.74, 6) is -0.695. The highest BCUT2D eigenvalue weighted by atomic mass is 16.4. The highest BCUT2D eigenvalue weighted by molar-refractivity contribution is 5.74. The number of nitriles is 1. The summed E-state index contributed by atoms with van der Waals surface area (Å²) in [5.41, 5.74) is 7.57. The molecular weight excluding hydrogens is 314 g/mol. The second kappa shape index (κ2) is 8.98. The minimum atomic E-state index is -0.867. The fourth-order valence-corrected chi connectivity index (χ4v) is 4.03. The summed E-state index contributed by atoms with van der Waals surface area (Å²) in [6, 6.07) is 11.1. The summed E-state index contributed by atoms with van der Waals surface area (Å²) in [5, 5.41) is 19.2. The van der Waals surface area contributed by atoms with Gasteiger partial charge in [0.2, 0.25) is 0 Å². The summed E-state index contributed by atoms with van der Waals surface area (Å²) in [6.07, 6.45) is 3.28. The van der Waals surface area contributed by atoms with Crippen LogP contribution in [0.2, 0.25) is 0 Å². The van der Waals surface area contributed by atoms with Gasteiger partial charge in [-0.15, -0.1) is 0 Å². The molecule has 1 fully saturated rings. The average molecular weight is 343 g/mol. The van der Waals surface area contributed by atoms with Crippen LogP contribution < -0.4 is 5.73 Å². The van der Waals surface area contributed by atoms with Crippen molar-refractivity contribution < 1.29 is 9.90 Å². The number of carboxylic acid groups (broad SMARTS) is 1. The topological polar surface area (TPSA) is 90.3 Å². The molecule has 2 rings (SSSR count). The van der Waals surface area contributed by atoms with Gasteiger partial charge in [-0.3, -0.25) is 9.69 Å². The normalized spacial score (nSPS) is 25.0. The van der Waals surface area contributed by atoms with Crippen LogP contribution in [0.4, 0.5) is 0 Å². The van der Waals surface area contributed by atoms with Gasteiger partial charge in [0.1, 0.15) is 6.04 Å². The number of benzene rings is 1. The van der Waals surface area contributed by atoms with Crippen molar-refractivity contribution in [3.05, 3.63) is 35.9 Å². The van der Waals surface area contributed by atoms with Crippen LogP contribution in [0.1, 0.15) is 45.1 Å². The Balaban J connectivity index is 2.27. The van der Waals surface area contributed by atoms with E-state index in [1.165, 1.54) is 0 Å². The first-order valence-corrected chi connectivity index (χ1v) is 9.19. The van der Waals surface area contributed by atoms with Crippen molar-refractivity contribution in [2.24, 2.45) is 17.6 Å². The molecule has 3 N–H and O–H groups in total. The molecule has 5 heteroatoms. The predicted octanol–water partition coefficient (Wildman–Crippen LogP) is 3.01. The number of aliphatic carboxylic acids is 1. The lowest BCUT2D eigenvalue weighted by molar-refractivity contribution is -0.143. The maximum Gasteiger partial charge on any atom is 0.320 e. The number of hydrogen-bond donors (Lipinski definition) is 2. The van der Waals surface area contributed by atoms with Crippen LogP contribution in [-0.2, 0) is 11.3 Å². The van der Waals surface area contributed by atoms with Crippen molar-refractivity contribution in [3.8, 4) is 6.07 Å². The van der Waals surface area contributed by atoms with E-state index >= 15 is 0 Å². The highest BCUT2D eigenvalue weighted by Crippen LogP contribution is 2.35. The molecule has 0 spiro atoms. The second-order valence-corrected chi connectivity index (χ2v) is 7.06. The Morgan fingerprint density at radius 3 is 2.52 bits per heavy atom. The Bertz CT molecular complexity index is 595. The van der Waals surface area contributed by atoms with Crippen molar-refractivity contribution in [2.45, 2.75) is 64.2 Å². The Morgan fingerprint density at radius 1 is 1.36 bits per heavy atom. The summed E-state index contributed by atoms with van der Waals surface area (Å²) in [6.45, 7) is 4.81. The zero-order valence-electron chi connectivity index (χ0n) is 15.1. The number of hydrogen-bond acceptors (Lipinski definition) is 4. The van der Waals surface area contributed by atoms with Gasteiger partial charge in [-0.2, -0.15) is 5.26 Å². The molecule has 1 aliphatic heterocycles. The molecule has 0 amide bonds. The van der Waals surface area contributed by atoms with E-state index < -0.39 is 12.0 Å². The number of nitrogens with zero attached hydrogens (tertiary/aromatic N) is 2. The van der Waals surface area contributed by atoms with E-state index in [4.69, 9.17) is 5.73 Å². The van der Waals surface area contributed by atoms with Crippen molar-refractivity contribution in [3.63, 3.8) is 0 Å². The second-order valence-electron chi connectivity index (χ2n) is 7.06. The smallest absolute Gasteiger partial charge is 0.320 e. The van der Waals surface area contributed by atoms with Crippen LogP contribution in [0.5, 0.6) is 0 Å². The van der Waals surface area contributed by atoms with Crippen molar-refractivity contribution in [2.75, 3.05) is 0 Å². The van der Waals surface area contributed by atoms with E-state index in [2.05, 4.69) is 19.9 Å². The van der Waals surface area contributed by atoms with Gasteiger partial charge in [-0.1, -0.05) is 57.0 Å². The van der Waals surface area contributed by atoms with Gasteiger partial charge in [-0.05, 0) is 24.3 Å². The summed E-state index contributed by atoms with van der Waals surface area (Å²) >= 11 is 0. The van der Waals surface area contributed by atoms with Crippen molar-refractivity contribution >= 4 is 5.97 Å². The molecule has 4 atom stereocenters. The van der Waals surface area contributed by atoms with Crippen LogP contribution in [0.25, 0.3) is 0 Å². The van der Waals surface area contributed by atoms with Gasteiger partial charge < -0.3 is 10.8 Å². The maximum atomic E-state index is 11.8. The molecule has 1 aliphatic rings. The van der Waals surface area contributed by atoms with E-state index in [9.17, 15) is 15.2 Å². The third-order valence-corrected chi connectivity index (χ3v) is 5.53. The minimum absolute atomic E-state index is 0.192. The molecule has 0 unspecified atom stereocenters. The SMILES string of the molecule is CCC(CC)C[C@H](N)[C@H]1[C@H](C#N)C[C@H](C(=O)O)N1Cc1ccccc1. The summed E-state index contributed by atoms with van der Waals surface area (Å²) in [4.78, 5) is 13.7. The number of likely N-dealkylation sites (tertiary alicyclic amines) is 1. The van der Waals surface area contributed by atoms with E-state index in [0.29, 0.717) is 18.9 Å². The van der Waals surface area contributed by atoms with Crippen molar-refractivity contribution in [1.29, 1.82) is 5.26 Å². The lowest BCUT2D eigenvalue weighted by Crippen LogP contribution is -2.50. The molecule has 136 valence electrons. The van der Waals surface area contributed by atoms with Gasteiger partial charge in [0.25, 0.3) is 0 Å². The van der Waals surface area contributed by atoms with Crippen LogP contribution in [0.15, 0.2) is 30.3 Å². The zero-order valence-corrected chi connectivity index (χ0v) is 15.1. The zero-order chi connectivity index (χ0) is 18.4. The molecule has 25 heavy (non-hydrogen) atoms. The first-order chi connectivity index (χ1) is 12.0. The van der Waals surface area contributed by atoms with Gasteiger partial charge in [0, 0.05) is 18.6 Å². The van der Waals surface area contributed by atoms with Gasteiger partial charge in [0.05, 0.1) is 12.0 Å². The van der Waals surface area contributed by atoms with Crippen LogP contribution in [0, 0.1) is 23.2 Å². The van der Waals surface area contributed by atoms with Crippen LogP contribution in [-0.4, -0.2) is 34.1 Å². The molecule has 1 heterocycles. The molecule has 5 nitrogen and oxygen atoms in total. The van der Waals surface area contributed by atoms with E-state index in [0.717, 1.165) is 24.8 Å². The standard InChI is InChI=1S/C20H29N3O2/c1-3-14(4-2)10-17(22)19-16(12-21)11-18(20(24)25)23(19)13-15-8-6-5-7-9-15/h5-9,14,16-19H,3-4,10-11,13,22H2,1-2H3,(H,24,25)/t16-,17-,18+,19+/m0/s1. The minimum Gasteiger partial charge on any atom is -0.480 e. The largest absolute Gasteiger partial charge is 0.480 e. The lowest BCUT2D eigenvalue weighted by Gasteiger charge is -2.34. The number of carboxylic acids is 1. The highest BCUT2D eigenvalue weighted by Gasteiger charge is 2.47. The molecule has 1 aromatic carbocycles. The van der Waals surface area contributed by atoms with Crippen molar-refractivity contribution in [1.82, 2.24) is 4.90 Å². The van der Waals surface area contributed by atoms with Crippen LogP contribution >= 0.6 is 0 Å². The number of carbonyl (C=O) groups is 1. The first-order valence-electron chi connectivity index (χ1n) is 9.19. The Morgan fingerprint density at radius 2 is 2.00 bits per heavy atom. The van der Waals surface area contributed by atoms with E-state index in [1.807, 2.05) is 35.2 Å². The van der Waals surface area contributed by atoms with E-state index in [-0.39, 0.29) is 18.0 Å². The molecule has 0 radical (unpaired) electrons. The fraction of sp³-hybridized carbons (Fsp3) is 0.600. The molecular formula is C20H29N3O2. The Kier molecular flexibility index (Phi) is 6.98. The lowest BCUT2D eigenvalue weighted by atomic mass is 9.87. The van der Waals surface area contributed by atoms with Gasteiger partial charge >= 0.3 is 5.97 Å². The Hall–Kier alpha value is -1.90. The summed E-state index contributed by atoms with van der Waals surface area (Å²) in [7, 11) is 0. The molecule has 1 aromatic rings. The van der Waals surface area contributed by atoms with Crippen LogP contribution in [0.3, 0.4) is 0 Å². The molecule has 0 aliphatic carbocycles. The average Bonchev–Trinajstić information content (AvgIpc) is 2.99. The maximum absolute atomic E-state index is 11.8. The fourth-order valence-electron chi connectivity index (χ4n) is 4.03. The van der Waals surface area contributed by atoms with Gasteiger partial charge in [0.15, 0.2) is 0 Å². The third-order valence-electron chi connectivity index (χ3n) is 5.53. The third kappa shape index (κ3) is 4.59. The number of nitrogens with two attached hydrogens (primary N) is 1. The first kappa shape index (κ1) is 19.4. The molecule has 0 aromatic heterocycles. The van der Waals surface area contributed by atoms with Gasteiger partial charge in [-0.25, -0.2) is 0 Å². The molecule has 0 bridgehead atoms.